The number of hydrogen-bond acceptors (Lipinski definition) is 9. The van der Waals surface area contributed by atoms with Crippen LogP contribution in [0.2, 0.25) is 0 Å². The van der Waals surface area contributed by atoms with E-state index in [0.29, 0.717) is 24.4 Å². The first-order valence-electron chi connectivity index (χ1n) is 12.5. The van der Waals surface area contributed by atoms with Gasteiger partial charge in [-0.2, -0.15) is 8.42 Å². The molecule has 1 fully saturated rings. The van der Waals surface area contributed by atoms with E-state index in [4.69, 9.17) is 9.47 Å². The van der Waals surface area contributed by atoms with Gasteiger partial charge in [0.1, 0.15) is 11.5 Å². The number of rotatable bonds is 7. The summed E-state index contributed by atoms with van der Waals surface area (Å²) in [4.78, 5) is 28.3. The Kier molecular flexibility index (Phi) is 7.19. The van der Waals surface area contributed by atoms with Crippen LogP contribution >= 0.6 is 0 Å². The first-order valence-corrected chi connectivity index (χ1v) is 13.9. The van der Waals surface area contributed by atoms with Gasteiger partial charge in [0.15, 0.2) is 5.75 Å². The molecule has 5 rings (SSSR count). The molecular formula is C28H29N5O5S. The molecule has 4 heterocycles. The largest absolute Gasteiger partial charge is 0.494 e. The van der Waals surface area contributed by atoms with Gasteiger partial charge < -0.3 is 14.4 Å². The van der Waals surface area contributed by atoms with Gasteiger partial charge in [0.2, 0.25) is 5.03 Å². The highest BCUT2D eigenvalue weighted by molar-refractivity contribution is 7.90. The highest BCUT2D eigenvalue weighted by Crippen LogP contribution is 2.31. The van der Waals surface area contributed by atoms with E-state index < -0.39 is 15.9 Å². The monoisotopic (exact) mass is 547 g/mol. The first kappa shape index (κ1) is 26.5. The van der Waals surface area contributed by atoms with Crippen LogP contribution in [0.4, 0.5) is 5.82 Å². The zero-order valence-electron chi connectivity index (χ0n) is 21.9. The summed E-state index contributed by atoms with van der Waals surface area (Å²) in [7, 11) is -1.33. The summed E-state index contributed by atoms with van der Waals surface area (Å²) in [6.45, 7) is 3.35. The maximum absolute atomic E-state index is 13.3. The van der Waals surface area contributed by atoms with Gasteiger partial charge in [-0.15, -0.1) is 0 Å². The van der Waals surface area contributed by atoms with Crippen LogP contribution in [0.5, 0.6) is 5.75 Å². The lowest BCUT2D eigenvalue weighted by molar-refractivity contribution is -0.0133. The molecule has 0 atom stereocenters. The average Bonchev–Trinajstić information content (AvgIpc) is 2.97. The highest BCUT2D eigenvalue weighted by atomic mass is 32.2. The SMILES string of the molecule is COc1ccc(N2CCC(C)(OC)CC2)nc1S(=O)(=O)NC(=O)c1ccc2c(-c3ccccn3)cccc2n1. The third kappa shape index (κ3) is 5.41. The third-order valence-electron chi connectivity index (χ3n) is 7.06. The Morgan fingerprint density at radius 1 is 0.974 bits per heavy atom. The van der Waals surface area contributed by atoms with Gasteiger partial charge in [0.05, 0.1) is 23.9 Å². The van der Waals surface area contributed by atoms with Crippen molar-refractivity contribution in [2.45, 2.75) is 30.4 Å². The maximum atomic E-state index is 13.3. The van der Waals surface area contributed by atoms with Gasteiger partial charge in [-0.3, -0.25) is 9.78 Å². The fraction of sp³-hybridized carbons (Fsp3) is 0.286. The molecule has 1 aliphatic heterocycles. The molecular weight excluding hydrogens is 518 g/mol. The molecule has 1 amide bonds. The highest BCUT2D eigenvalue weighted by Gasteiger charge is 2.32. The second-order valence-electron chi connectivity index (χ2n) is 9.54. The van der Waals surface area contributed by atoms with E-state index in [9.17, 15) is 13.2 Å². The molecule has 4 aromatic rings. The standard InChI is InChI=1S/C28H29N5O5S/c1-28(38-3)14-17-33(18-15-28)25-13-12-24(37-2)27(31-25)39(35,36)32-26(34)23-11-10-20-19(7-6-9-22(20)30-23)21-8-4-5-16-29-21/h4-13,16H,14-15,17-18H2,1-3H3,(H,32,34). The number of piperidine rings is 1. The number of methoxy groups -OCH3 is 2. The van der Waals surface area contributed by atoms with Gasteiger partial charge in [0, 0.05) is 37.3 Å². The molecule has 0 radical (unpaired) electrons. The van der Waals surface area contributed by atoms with Crippen molar-refractivity contribution in [3.05, 3.63) is 72.6 Å². The number of amides is 1. The average molecular weight is 548 g/mol. The lowest BCUT2D eigenvalue weighted by atomic mass is 9.93. The number of benzene rings is 1. The van der Waals surface area contributed by atoms with Gasteiger partial charge in [-0.25, -0.2) is 14.7 Å². The quantitative estimate of drug-likeness (QED) is 0.368. The van der Waals surface area contributed by atoms with Crippen molar-refractivity contribution in [1.82, 2.24) is 19.7 Å². The van der Waals surface area contributed by atoms with E-state index in [1.807, 2.05) is 35.2 Å². The van der Waals surface area contributed by atoms with Crippen LogP contribution in [0.15, 0.2) is 71.9 Å². The predicted octanol–water partition coefficient (Wildman–Crippen LogP) is 3.82. The Labute approximate surface area is 227 Å². The number of nitrogens with one attached hydrogen (secondary N) is 1. The van der Waals surface area contributed by atoms with Gasteiger partial charge >= 0.3 is 0 Å². The lowest BCUT2D eigenvalue weighted by Gasteiger charge is -2.39. The first-order chi connectivity index (χ1) is 18.7. The van der Waals surface area contributed by atoms with Gasteiger partial charge in [0.25, 0.3) is 15.9 Å². The molecule has 0 aliphatic carbocycles. The third-order valence-corrected chi connectivity index (χ3v) is 8.31. The number of carbonyl (C=O) groups excluding carboxylic acids is 1. The van der Waals surface area contributed by atoms with Gasteiger partial charge in [-0.05, 0) is 62.2 Å². The molecule has 0 unspecified atom stereocenters. The van der Waals surface area contributed by atoms with Crippen molar-refractivity contribution in [3.8, 4) is 17.0 Å². The van der Waals surface area contributed by atoms with E-state index in [0.717, 1.165) is 29.5 Å². The molecule has 0 bridgehead atoms. The number of fused-ring (bicyclic) bond motifs is 1. The lowest BCUT2D eigenvalue weighted by Crippen LogP contribution is -2.44. The number of anilines is 1. The fourth-order valence-electron chi connectivity index (χ4n) is 4.60. The molecule has 1 saturated heterocycles. The summed E-state index contributed by atoms with van der Waals surface area (Å²) < 4.78 is 39.6. The van der Waals surface area contributed by atoms with Crippen molar-refractivity contribution in [2.75, 3.05) is 32.2 Å². The summed E-state index contributed by atoms with van der Waals surface area (Å²) in [5.74, 6) is -0.361. The molecule has 39 heavy (non-hydrogen) atoms. The Morgan fingerprint density at radius 2 is 1.77 bits per heavy atom. The Morgan fingerprint density at radius 3 is 2.46 bits per heavy atom. The Hall–Kier alpha value is -4.09. The van der Waals surface area contributed by atoms with Crippen LogP contribution in [0.3, 0.4) is 0 Å². The minimum atomic E-state index is -4.38. The van der Waals surface area contributed by atoms with Crippen LogP contribution in [-0.2, 0) is 14.8 Å². The molecule has 0 saturated carbocycles. The molecule has 3 aromatic heterocycles. The topological polar surface area (TPSA) is 124 Å². The van der Waals surface area contributed by atoms with Crippen molar-refractivity contribution < 1.29 is 22.7 Å². The summed E-state index contributed by atoms with van der Waals surface area (Å²) in [5, 5.41) is 0.423. The second-order valence-corrected chi connectivity index (χ2v) is 11.1. The van der Waals surface area contributed by atoms with Crippen LogP contribution in [-0.4, -0.2) is 62.2 Å². The zero-order chi connectivity index (χ0) is 27.6. The van der Waals surface area contributed by atoms with E-state index in [1.54, 1.807) is 37.6 Å². The minimum Gasteiger partial charge on any atom is -0.494 e. The van der Waals surface area contributed by atoms with E-state index in [-0.39, 0.29) is 22.1 Å². The van der Waals surface area contributed by atoms with Crippen LogP contribution in [0.1, 0.15) is 30.3 Å². The molecule has 1 N–H and O–H groups in total. The Bertz CT molecular complexity index is 1620. The zero-order valence-corrected chi connectivity index (χ0v) is 22.7. The molecule has 11 heteroatoms. The number of hydrogen-bond donors (Lipinski definition) is 1. The number of aromatic nitrogens is 3. The number of sulfonamides is 1. The van der Waals surface area contributed by atoms with Gasteiger partial charge in [-0.1, -0.05) is 18.2 Å². The predicted molar refractivity (Wildman–Crippen MR) is 147 cm³/mol. The number of nitrogens with zero attached hydrogens (tertiary/aromatic N) is 4. The molecule has 1 aromatic carbocycles. The van der Waals surface area contributed by atoms with Crippen molar-refractivity contribution in [1.29, 1.82) is 0 Å². The smallest absolute Gasteiger partial charge is 0.285 e. The van der Waals surface area contributed by atoms with Crippen molar-refractivity contribution in [3.63, 3.8) is 0 Å². The summed E-state index contributed by atoms with van der Waals surface area (Å²) in [5.41, 5.74) is 1.89. The summed E-state index contributed by atoms with van der Waals surface area (Å²) in [6, 6.07) is 17.6. The van der Waals surface area contributed by atoms with E-state index in [1.165, 1.54) is 13.2 Å². The maximum Gasteiger partial charge on any atom is 0.285 e. The molecule has 0 spiro atoms. The minimum absolute atomic E-state index is 0.0317. The normalized spacial score (nSPS) is 15.2. The van der Waals surface area contributed by atoms with Crippen LogP contribution < -0.4 is 14.4 Å². The van der Waals surface area contributed by atoms with Crippen LogP contribution in [0, 0.1) is 0 Å². The van der Waals surface area contributed by atoms with Crippen LogP contribution in [0.25, 0.3) is 22.2 Å². The van der Waals surface area contributed by atoms with E-state index in [2.05, 4.69) is 26.6 Å². The van der Waals surface area contributed by atoms with Crippen molar-refractivity contribution in [2.24, 2.45) is 0 Å². The second kappa shape index (κ2) is 10.6. The summed E-state index contributed by atoms with van der Waals surface area (Å²) >= 11 is 0. The number of pyridine rings is 3. The molecule has 1 aliphatic rings. The number of ether oxygens (including phenoxy) is 2. The number of carbonyl (C=O) groups is 1. The summed E-state index contributed by atoms with van der Waals surface area (Å²) in [6.07, 6.45) is 3.24. The molecule has 202 valence electrons. The van der Waals surface area contributed by atoms with Crippen molar-refractivity contribution >= 4 is 32.7 Å². The van der Waals surface area contributed by atoms with E-state index >= 15 is 0 Å². The Balaban J connectivity index is 1.41. The molecule has 10 nitrogen and oxygen atoms in total. The fourth-order valence-corrected chi connectivity index (χ4v) is 5.68.